The van der Waals surface area contributed by atoms with E-state index in [1.807, 2.05) is 0 Å². The maximum absolute atomic E-state index is 12.3. The monoisotopic (exact) mass is 382 g/mol. The number of halogens is 3. The second-order valence-electron chi connectivity index (χ2n) is 5.65. The number of nitrogens with zero attached hydrogens (tertiary/aromatic N) is 2. The molecule has 0 radical (unpaired) electrons. The minimum atomic E-state index is -4.44. The molecule has 0 saturated carbocycles. The molecule has 0 saturated heterocycles. The number of carbonyl (C=O) groups excluding carboxylic acids is 2. The first kappa shape index (κ1) is 20.1. The Hall–Kier alpha value is -3.17. The molecule has 27 heavy (non-hydrogen) atoms. The zero-order chi connectivity index (χ0) is 20.0. The van der Waals surface area contributed by atoms with E-state index in [-0.39, 0.29) is 24.1 Å². The fraction of sp³-hybridized carbons (Fsp3) is 0.294. The third-order valence-electron chi connectivity index (χ3n) is 3.15. The summed E-state index contributed by atoms with van der Waals surface area (Å²) in [4.78, 5) is 31.2. The summed E-state index contributed by atoms with van der Waals surface area (Å²) >= 11 is 0. The van der Waals surface area contributed by atoms with Crippen molar-refractivity contribution in [3.8, 4) is 5.88 Å². The van der Waals surface area contributed by atoms with E-state index in [9.17, 15) is 22.8 Å². The maximum atomic E-state index is 12.3. The molecule has 10 heteroatoms. The lowest BCUT2D eigenvalue weighted by Gasteiger charge is -2.10. The minimum Gasteiger partial charge on any atom is -0.468 e. The lowest BCUT2D eigenvalue weighted by atomic mass is 10.2. The fourth-order valence-corrected chi connectivity index (χ4v) is 2.09. The molecular weight excluding hydrogens is 365 g/mol. The topological polar surface area (TPSA) is 93.2 Å². The van der Waals surface area contributed by atoms with Gasteiger partial charge in [0.25, 0.3) is 5.91 Å². The molecule has 2 aromatic heterocycles. The van der Waals surface area contributed by atoms with Gasteiger partial charge >= 0.3 is 6.18 Å². The number of pyridine rings is 2. The van der Waals surface area contributed by atoms with Gasteiger partial charge in [-0.2, -0.15) is 13.2 Å². The van der Waals surface area contributed by atoms with Gasteiger partial charge in [0.05, 0.1) is 0 Å². The molecule has 0 fully saturated rings. The molecular formula is C17H17F3N4O3. The van der Waals surface area contributed by atoms with Gasteiger partial charge in [0.2, 0.25) is 11.8 Å². The lowest BCUT2D eigenvalue weighted by molar-refractivity contribution is -0.154. The number of aromatic nitrogens is 2. The van der Waals surface area contributed by atoms with Gasteiger partial charge in [-0.05, 0) is 24.6 Å². The Morgan fingerprint density at radius 2 is 1.96 bits per heavy atom. The van der Waals surface area contributed by atoms with E-state index in [0.717, 1.165) is 0 Å². The Kier molecular flexibility index (Phi) is 6.32. The molecule has 0 spiro atoms. The van der Waals surface area contributed by atoms with E-state index in [1.54, 1.807) is 13.0 Å². The standard InChI is InChI=1S/C17H17F3N4O3/c1-10-5-13(6-14(23-10)24-11(2)25)16(26)22-8-12-3-4-15(21-7-12)27-9-17(18,19)20/h3-7H,8-9H2,1-2H3,(H,22,26)(H,23,24,25). The molecule has 2 aromatic rings. The van der Waals surface area contributed by atoms with Crippen LogP contribution in [-0.4, -0.2) is 34.6 Å². The zero-order valence-electron chi connectivity index (χ0n) is 14.6. The summed E-state index contributed by atoms with van der Waals surface area (Å²) in [6, 6.07) is 5.79. The predicted octanol–water partition coefficient (Wildman–Crippen LogP) is 2.61. The van der Waals surface area contributed by atoms with Crippen LogP contribution in [0.5, 0.6) is 5.88 Å². The normalized spacial score (nSPS) is 11.0. The molecule has 0 aliphatic carbocycles. The number of ether oxygens (including phenoxy) is 1. The number of hydrogen-bond acceptors (Lipinski definition) is 5. The van der Waals surface area contributed by atoms with Crippen LogP contribution >= 0.6 is 0 Å². The SMILES string of the molecule is CC(=O)Nc1cc(C(=O)NCc2ccc(OCC(F)(F)F)nc2)cc(C)n1. The molecule has 0 aliphatic heterocycles. The van der Waals surface area contributed by atoms with E-state index in [1.165, 1.54) is 31.3 Å². The van der Waals surface area contributed by atoms with Gasteiger partial charge in [-0.15, -0.1) is 0 Å². The number of rotatable bonds is 6. The number of amides is 2. The van der Waals surface area contributed by atoms with Crippen molar-refractivity contribution in [2.45, 2.75) is 26.6 Å². The second kappa shape index (κ2) is 8.47. The molecule has 0 aliphatic rings. The quantitative estimate of drug-likeness (QED) is 0.801. The fourth-order valence-electron chi connectivity index (χ4n) is 2.09. The van der Waals surface area contributed by atoms with Crippen LogP contribution in [0, 0.1) is 6.92 Å². The third kappa shape index (κ3) is 6.92. The summed E-state index contributed by atoms with van der Waals surface area (Å²) in [5.41, 5.74) is 1.44. The summed E-state index contributed by atoms with van der Waals surface area (Å²) in [6.07, 6.45) is -3.13. The summed E-state index contributed by atoms with van der Waals surface area (Å²) in [5.74, 6) is -0.601. The number of carbonyl (C=O) groups is 2. The van der Waals surface area contributed by atoms with E-state index in [2.05, 4.69) is 25.3 Å². The van der Waals surface area contributed by atoms with E-state index in [0.29, 0.717) is 16.8 Å². The summed E-state index contributed by atoms with van der Waals surface area (Å²) in [6.45, 7) is 1.71. The van der Waals surface area contributed by atoms with Crippen molar-refractivity contribution in [1.82, 2.24) is 15.3 Å². The maximum Gasteiger partial charge on any atom is 0.422 e. The van der Waals surface area contributed by atoms with Crippen molar-refractivity contribution in [2.24, 2.45) is 0 Å². The van der Waals surface area contributed by atoms with Crippen LogP contribution in [0.25, 0.3) is 0 Å². The van der Waals surface area contributed by atoms with Crippen molar-refractivity contribution in [3.63, 3.8) is 0 Å². The molecule has 2 heterocycles. The summed E-state index contributed by atoms with van der Waals surface area (Å²) in [5, 5.41) is 5.17. The molecule has 2 rings (SSSR count). The first-order valence-electron chi connectivity index (χ1n) is 7.81. The highest BCUT2D eigenvalue weighted by Crippen LogP contribution is 2.17. The molecule has 0 atom stereocenters. The highest BCUT2D eigenvalue weighted by molar-refractivity contribution is 5.96. The first-order chi connectivity index (χ1) is 12.6. The van der Waals surface area contributed by atoms with Gasteiger partial charge in [-0.1, -0.05) is 6.07 Å². The second-order valence-corrected chi connectivity index (χ2v) is 5.65. The third-order valence-corrected chi connectivity index (χ3v) is 3.15. The van der Waals surface area contributed by atoms with Gasteiger partial charge < -0.3 is 15.4 Å². The Labute approximate surface area is 153 Å². The van der Waals surface area contributed by atoms with Gasteiger partial charge in [0, 0.05) is 37.0 Å². The predicted molar refractivity (Wildman–Crippen MR) is 90.2 cm³/mol. The number of aryl methyl sites for hydroxylation is 1. The number of anilines is 1. The van der Waals surface area contributed by atoms with Crippen LogP contribution in [0.3, 0.4) is 0 Å². The molecule has 144 valence electrons. The van der Waals surface area contributed by atoms with E-state index < -0.39 is 18.7 Å². The van der Waals surface area contributed by atoms with Crippen molar-refractivity contribution >= 4 is 17.6 Å². The molecule has 0 aromatic carbocycles. The van der Waals surface area contributed by atoms with Crippen LogP contribution in [0.15, 0.2) is 30.5 Å². The molecule has 0 unspecified atom stereocenters. The van der Waals surface area contributed by atoms with Crippen molar-refractivity contribution in [3.05, 3.63) is 47.3 Å². The smallest absolute Gasteiger partial charge is 0.422 e. The average Bonchev–Trinajstić information content (AvgIpc) is 2.57. The molecule has 0 bridgehead atoms. The Morgan fingerprint density at radius 3 is 2.56 bits per heavy atom. The van der Waals surface area contributed by atoms with Crippen LogP contribution in [-0.2, 0) is 11.3 Å². The van der Waals surface area contributed by atoms with Crippen LogP contribution in [0.1, 0.15) is 28.5 Å². The highest BCUT2D eigenvalue weighted by atomic mass is 19.4. The van der Waals surface area contributed by atoms with Crippen molar-refractivity contribution < 1.29 is 27.5 Å². The minimum absolute atomic E-state index is 0.113. The van der Waals surface area contributed by atoms with Gasteiger partial charge in [0.1, 0.15) is 5.82 Å². The van der Waals surface area contributed by atoms with Gasteiger partial charge in [0.15, 0.2) is 6.61 Å². The average molecular weight is 382 g/mol. The summed E-state index contributed by atoms with van der Waals surface area (Å²) < 4.78 is 40.8. The molecule has 2 amide bonds. The Balaban J connectivity index is 1.95. The largest absolute Gasteiger partial charge is 0.468 e. The van der Waals surface area contributed by atoms with Crippen molar-refractivity contribution in [1.29, 1.82) is 0 Å². The van der Waals surface area contributed by atoms with Crippen LogP contribution in [0.4, 0.5) is 19.0 Å². The highest BCUT2D eigenvalue weighted by Gasteiger charge is 2.28. The molecule has 2 N–H and O–H groups in total. The van der Waals surface area contributed by atoms with E-state index >= 15 is 0 Å². The summed E-state index contributed by atoms with van der Waals surface area (Å²) in [7, 11) is 0. The van der Waals surface area contributed by atoms with Crippen LogP contribution < -0.4 is 15.4 Å². The Morgan fingerprint density at radius 1 is 1.22 bits per heavy atom. The Bertz CT molecular complexity index is 823. The zero-order valence-corrected chi connectivity index (χ0v) is 14.6. The van der Waals surface area contributed by atoms with Gasteiger partial charge in [-0.3, -0.25) is 9.59 Å². The first-order valence-corrected chi connectivity index (χ1v) is 7.81. The van der Waals surface area contributed by atoms with Crippen LogP contribution in [0.2, 0.25) is 0 Å². The lowest BCUT2D eigenvalue weighted by Crippen LogP contribution is -2.23. The van der Waals surface area contributed by atoms with E-state index in [4.69, 9.17) is 0 Å². The van der Waals surface area contributed by atoms with Crippen molar-refractivity contribution in [2.75, 3.05) is 11.9 Å². The number of hydrogen-bond donors (Lipinski definition) is 2. The van der Waals surface area contributed by atoms with Gasteiger partial charge in [-0.25, -0.2) is 9.97 Å². The number of nitrogens with one attached hydrogen (secondary N) is 2. The number of alkyl halides is 3. The molecule has 7 nitrogen and oxygen atoms in total.